The van der Waals surface area contributed by atoms with Crippen molar-refractivity contribution in [3.63, 3.8) is 0 Å². The van der Waals surface area contributed by atoms with Crippen molar-refractivity contribution in [2.24, 2.45) is 5.92 Å². The lowest BCUT2D eigenvalue weighted by Crippen LogP contribution is -2.31. The number of amides is 1. The number of carbonyl (C=O) groups is 1. The second-order valence-corrected chi connectivity index (χ2v) is 5.63. The van der Waals surface area contributed by atoms with E-state index in [9.17, 15) is 13.6 Å². The van der Waals surface area contributed by atoms with Crippen LogP contribution in [0.4, 0.5) is 8.78 Å². The first-order valence-electron chi connectivity index (χ1n) is 7.24. The fraction of sp³-hybridized carbons (Fsp3) is 0.312. The highest BCUT2D eigenvalue weighted by Crippen LogP contribution is 2.40. The Morgan fingerprint density at radius 3 is 2.57 bits per heavy atom. The van der Waals surface area contributed by atoms with Crippen molar-refractivity contribution in [1.82, 2.24) is 15.3 Å². The Hall–Kier alpha value is -2.57. The topological polar surface area (TPSA) is 75.1 Å². The lowest BCUT2D eigenvalue weighted by molar-refractivity contribution is 0.0928. The van der Waals surface area contributed by atoms with Gasteiger partial charge in [-0.25, -0.2) is 18.7 Å². The van der Waals surface area contributed by atoms with Gasteiger partial charge in [-0.05, 0) is 43.9 Å². The second kappa shape index (κ2) is 5.91. The van der Waals surface area contributed by atoms with Crippen LogP contribution < -0.4 is 5.32 Å². The predicted octanol–water partition coefficient (Wildman–Crippen LogP) is 2.65. The van der Waals surface area contributed by atoms with Crippen LogP contribution in [0.1, 0.15) is 40.8 Å². The number of phenols is 1. The zero-order chi connectivity index (χ0) is 16.6. The fourth-order valence-electron chi connectivity index (χ4n) is 2.36. The van der Waals surface area contributed by atoms with Crippen LogP contribution in [0.15, 0.2) is 24.4 Å². The highest BCUT2D eigenvalue weighted by atomic mass is 19.1. The maximum Gasteiger partial charge on any atom is 0.252 e. The molecule has 0 radical (unpaired) electrons. The molecular weight excluding hydrogens is 304 g/mol. The Kier molecular flexibility index (Phi) is 3.94. The molecule has 1 atom stereocenters. The van der Waals surface area contributed by atoms with Gasteiger partial charge >= 0.3 is 0 Å². The molecule has 1 fully saturated rings. The Balaban J connectivity index is 1.85. The largest absolute Gasteiger partial charge is 0.503 e. The minimum atomic E-state index is -1.18. The van der Waals surface area contributed by atoms with Gasteiger partial charge in [-0.2, -0.15) is 0 Å². The summed E-state index contributed by atoms with van der Waals surface area (Å²) in [7, 11) is 0. The van der Waals surface area contributed by atoms with E-state index in [4.69, 9.17) is 5.11 Å². The van der Waals surface area contributed by atoms with Gasteiger partial charge in [0.05, 0.1) is 6.04 Å². The average Bonchev–Trinajstić information content (AvgIpc) is 3.34. The number of hydrogen-bond donors (Lipinski definition) is 2. The number of rotatable bonds is 4. The van der Waals surface area contributed by atoms with Gasteiger partial charge in [-0.15, -0.1) is 0 Å². The summed E-state index contributed by atoms with van der Waals surface area (Å²) in [5.41, 5.74) is 0.577. The van der Waals surface area contributed by atoms with Gasteiger partial charge in [0.1, 0.15) is 0 Å². The van der Waals surface area contributed by atoms with Crippen LogP contribution in [-0.2, 0) is 0 Å². The average molecular weight is 319 g/mol. The van der Waals surface area contributed by atoms with Crippen molar-refractivity contribution in [1.29, 1.82) is 0 Å². The summed E-state index contributed by atoms with van der Waals surface area (Å²) in [5.74, 6) is -3.38. The summed E-state index contributed by atoms with van der Waals surface area (Å²) in [6, 6.07) is 2.95. The maximum absolute atomic E-state index is 13.4. The summed E-state index contributed by atoms with van der Waals surface area (Å²) in [6.45, 7) is 1.82. The van der Waals surface area contributed by atoms with Crippen LogP contribution in [-0.4, -0.2) is 21.0 Å². The molecule has 1 aromatic carbocycles. The third-order valence-corrected chi connectivity index (χ3v) is 3.75. The Morgan fingerprint density at radius 1 is 1.35 bits per heavy atom. The molecule has 1 aliphatic carbocycles. The number of benzene rings is 1. The van der Waals surface area contributed by atoms with Gasteiger partial charge in [0, 0.05) is 17.5 Å². The van der Waals surface area contributed by atoms with Crippen molar-refractivity contribution in [2.75, 3.05) is 0 Å². The normalized spacial score (nSPS) is 15.3. The van der Waals surface area contributed by atoms with E-state index in [1.165, 1.54) is 0 Å². The van der Waals surface area contributed by atoms with Gasteiger partial charge in [-0.1, -0.05) is 0 Å². The van der Waals surface area contributed by atoms with E-state index in [1.807, 2.05) is 6.92 Å². The van der Waals surface area contributed by atoms with Crippen molar-refractivity contribution in [3.05, 3.63) is 53.1 Å². The molecule has 23 heavy (non-hydrogen) atoms. The highest BCUT2D eigenvalue weighted by molar-refractivity contribution is 5.94. The number of carbonyl (C=O) groups excluding carboxylic acids is 1. The molecule has 1 heterocycles. The van der Waals surface area contributed by atoms with Gasteiger partial charge in [0.15, 0.2) is 23.2 Å². The maximum atomic E-state index is 13.4. The van der Waals surface area contributed by atoms with Crippen LogP contribution >= 0.6 is 0 Å². The fourth-order valence-corrected chi connectivity index (χ4v) is 2.36. The SMILES string of the molecule is Cc1ccnc(C(NC(=O)c2cc(F)c(O)c(F)c2)C2CC2)n1. The number of aromatic nitrogens is 2. The van der Waals surface area contributed by atoms with E-state index in [1.54, 1.807) is 12.3 Å². The van der Waals surface area contributed by atoms with E-state index in [0.717, 1.165) is 30.7 Å². The number of halogens is 2. The number of hydrogen-bond acceptors (Lipinski definition) is 4. The van der Waals surface area contributed by atoms with Crippen LogP contribution in [0.5, 0.6) is 5.75 Å². The molecule has 120 valence electrons. The quantitative estimate of drug-likeness (QED) is 0.908. The van der Waals surface area contributed by atoms with Crippen LogP contribution in [0, 0.1) is 24.5 Å². The summed E-state index contributed by atoms with van der Waals surface area (Å²) in [4.78, 5) is 20.8. The van der Waals surface area contributed by atoms with Gasteiger partial charge in [-0.3, -0.25) is 4.79 Å². The van der Waals surface area contributed by atoms with Crippen molar-refractivity contribution in [2.45, 2.75) is 25.8 Å². The number of nitrogens with one attached hydrogen (secondary N) is 1. The molecule has 0 spiro atoms. The molecule has 5 nitrogen and oxygen atoms in total. The lowest BCUT2D eigenvalue weighted by Gasteiger charge is -2.17. The summed E-state index contributed by atoms with van der Waals surface area (Å²) < 4.78 is 26.8. The van der Waals surface area contributed by atoms with Crippen molar-refractivity contribution >= 4 is 5.91 Å². The molecule has 0 bridgehead atoms. The molecular formula is C16H15F2N3O2. The zero-order valence-corrected chi connectivity index (χ0v) is 12.4. The highest BCUT2D eigenvalue weighted by Gasteiger charge is 2.35. The molecule has 1 aromatic heterocycles. The van der Waals surface area contributed by atoms with E-state index in [0.29, 0.717) is 5.82 Å². The summed E-state index contributed by atoms with van der Waals surface area (Å²) in [6.07, 6.45) is 3.47. The first-order chi connectivity index (χ1) is 11.0. The molecule has 1 aliphatic rings. The Labute approximate surface area is 131 Å². The molecule has 0 aliphatic heterocycles. The van der Waals surface area contributed by atoms with Gasteiger partial charge in [0.2, 0.25) is 0 Å². The third kappa shape index (κ3) is 3.28. The molecule has 1 unspecified atom stereocenters. The van der Waals surface area contributed by atoms with E-state index < -0.39 is 29.3 Å². The zero-order valence-electron chi connectivity index (χ0n) is 12.4. The molecule has 7 heteroatoms. The molecule has 2 aromatic rings. The number of nitrogens with zero attached hydrogens (tertiary/aromatic N) is 2. The van der Waals surface area contributed by atoms with Crippen molar-refractivity contribution in [3.8, 4) is 5.75 Å². The number of aryl methyl sites for hydroxylation is 1. The standard InChI is InChI=1S/C16H15F2N3O2/c1-8-4-5-19-15(20-8)13(9-2-3-9)21-16(23)10-6-11(17)14(22)12(18)7-10/h4-7,9,13,22H,2-3H2,1H3,(H,21,23). The molecule has 3 rings (SSSR count). The van der Waals surface area contributed by atoms with Gasteiger partial charge < -0.3 is 10.4 Å². The first kappa shape index (κ1) is 15.3. The van der Waals surface area contributed by atoms with Gasteiger partial charge in [0.25, 0.3) is 5.91 Å². The predicted molar refractivity (Wildman–Crippen MR) is 77.7 cm³/mol. The smallest absolute Gasteiger partial charge is 0.252 e. The second-order valence-electron chi connectivity index (χ2n) is 5.63. The van der Waals surface area contributed by atoms with E-state index >= 15 is 0 Å². The summed E-state index contributed by atoms with van der Waals surface area (Å²) in [5, 5.41) is 11.8. The summed E-state index contributed by atoms with van der Waals surface area (Å²) >= 11 is 0. The lowest BCUT2D eigenvalue weighted by atomic mass is 10.1. The Morgan fingerprint density at radius 2 is 2.00 bits per heavy atom. The number of aromatic hydroxyl groups is 1. The minimum Gasteiger partial charge on any atom is -0.503 e. The van der Waals surface area contributed by atoms with Crippen LogP contribution in [0.3, 0.4) is 0 Å². The minimum absolute atomic E-state index is 0.198. The third-order valence-electron chi connectivity index (χ3n) is 3.75. The molecule has 1 saturated carbocycles. The first-order valence-corrected chi connectivity index (χ1v) is 7.24. The van der Waals surface area contributed by atoms with Crippen molar-refractivity contribution < 1.29 is 18.7 Å². The monoisotopic (exact) mass is 319 g/mol. The van der Waals surface area contributed by atoms with Crippen LogP contribution in [0.25, 0.3) is 0 Å². The number of phenolic OH excluding ortho intramolecular Hbond substituents is 1. The van der Waals surface area contributed by atoms with E-state index in [-0.39, 0.29) is 11.5 Å². The molecule has 1 amide bonds. The molecule has 0 saturated heterocycles. The van der Waals surface area contributed by atoms with Crippen LogP contribution in [0.2, 0.25) is 0 Å². The van der Waals surface area contributed by atoms with E-state index in [2.05, 4.69) is 15.3 Å². The molecule has 2 N–H and O–H groups in total. The Bertz CT molecular complexity index is 740.